The molecule has 0 bridgehead atoms. The molecule has 0 unspecified atom stereocenters. The second-order valence-corrected chi connectivity index (χ2v) is 6.69. The minimum Gasteiger partial charge on any atom is -0.494 e. The predicted octanol–water partition coefficient (Wildman–Crippen LogP) is 4.42. The molecule has 0 radical (unpaired) electrons. The third-order valence-electron chi connectivity index (χ3n) is 4.60. The maximum Gasteiger partial charge on any atom is 0.331 e. The first-order valence-electron chi connectivity index (χ1n) is 9.43. The summed E-state index contributed by atoms with van der Waals surface area (Å²) in [6.07, 6.45) is 2.55. The van der Waals surface area contributed by atoms with Crippen LogP contribution < -0.4 is 10.1 Å². The Kier molecular flexibility index (Phi) is 6.80. The Morgan fingerprint density at radius 1 is 1.10 bits per heavy atom. The molecular formula is C24H22FNO4. The summed E-state index contributed by atoms with van der Waals surface area (Å²) in [6.45, 7) is 1.47. The molecule has 0 aromatic heterocycles. The van der Waals surface area contributed by atoms with Crippen LogP contribution in [0.1, 0.15) is 24.1 Å². The third kappa shape index (κ3) is 5.23. The van der Waals surface area contributed by atoms with Crippen molar-refractivity contribution in [3.8, 4) is 5.75 Å². The van der Waals surface area contributed by atoms with Gasteiger partial charge in [-0.15, -0.1) is 0 Å². The van der Waals surface area contributed by atoms with Gasteiger partial charge in [0.25, 0.3) is 5.91 Å². The van der Waals surface area contributed by atoms with Crippen LogP contribution in [0.4, 0.5) is 4.39 Å². The van der Waals surface area contributed by atoms with Crippen molar-refractivity contribution in [1.29, 1.82) is 0 Å². The Bertz CT molecular complexity index is 1090. The van der Waals surface area contributed by atoms with Crippen LogP contribution in [0.2, 0.25) is 0 Å². The summed E-state index contributed by atoms with van der Waals surface area (Å²) in [7, 11) is 1.37. The molecule has 0 aliphatic rings. The van der Waals surface area contributed by atoms with Gasteiger partial charge in [0, 0.05) is 6.08 Å². The van der Waals surface area contributed by atoms with Gasteiger partial charge in [0.15, 0.2) is 18.2 Å². The zero-order valence-corrected chi connectivity index (χ0v) is 16.7. The number of carbonyl (C=O) groups is 2. The molecule has 0 saturated heterocycles. The maximum absolute atomic E-state index is 13.7. The van der Waals surface area contributed by atoms with Crippen LogP contribution in [0, 0.1) is 5.82 Å². The second kappa shape index (κ2) is 9.69. The fourth-order valence-corrected chi connectivity index (χ4v) is 3.12. The molecule has 3 aromatic rings. The molecule has 5 nitrogen and oxygen atoms in total. The quantitative estimate of drug-likeness (QED) is 0.465. The first-order valence-corrected chi connectivity index (χ1v) is 9.43. The highest BCUT2D eigenvalue weighted by Gasteiger charge is 2.13. The van der Waals surface area contributed by atoms with Crippen molar-refractivity contribution < 1.29 is 23.5 Å². The Morgan fingerprint density at radius 3 is 2.63 bits per heavy atom. The number of halogens is 1. The van der Waals surface area contributed by atoms with Gasteiger partial charge in [-0.1, -0.05) is 48.5 Å². The fraction of sp³-hybridized carbons (Fsp3) is 0.167. The van der Waals surface area contributed by atoms with Gasteiger partial charge in [-0.25, -0.2) is 9.18 Å². The van der Waals surface area contributed by atoms with E-state index in [-0.39, 0.29) is 11.8 Å². The van der Waals surface area contributed by atoms with Crippen LogP contribution in [0.15, 0.2) is 66.7 Å². The fourth-order valence-electron chi connectivity index (χ4n) is 3.12. The topological polar surface area (TPSA) is 64.6 Å². The molecular weight excluding hydrogens is 385 g/mol. The summed E-state index contributed by atoms with van der Waals surface area (Å²) < 4.78 is 23.5. The summed E-state index contributed by atoms with van der Waals surface area (Å²) in [5.74, 6) is -1.52. The SMILES string of the molecule is COc1ccc(/C=C/C(=O)OCC(=O)N[C@H](C)c2cccc3ccccc23)cc1F. The van der Waals surface area contributed by atoms with Crippen molar-refractivity contribution in [2.45, 2.75) is 13.0 Å². The van der Waals surface area contributed by atoms with E-state index in [9.17, 15) is 14.0 Å². The minimum absolute atomic E-state index is 0.117. The van der Waals surface area contributed by atoms with Gasteiger partial charge >= 0.3 is 5.97 Å². The molecule has 154 valence electrons. The van der Waals surface area contributed by atoms with E-state index in [4.69, 9.17) is 9.47 Å². The minimum atomic E-state index is -0.695. The van der Waals surface area contributed by atoms with Crippen molar-refractivity contribution in [1.82, 2.24) is 5.32 Å². The number of ether oxygens (including phenoxy) is 2. The number of rotatable bonds is 7. The number of hydrogen-bond acceptors (Lipinski definition) is 4. The highest BCUT2D eigenvalue weighted by molar-refractivity contribution is 5.90. The van der Waals surface area contributed by atoms with Gasteiger partial charge < -0.3 is 14.8 Å². The molecule has 0 heterocycles. The number of amides is 1. The Balaban J connectivity index is 1.53. The van der Waals surface area contributed by atoms with E-state index in [0.717, 1.165) is 22.4 Å². The lowest BCUT2D eigenvalue weighted by Crippen LogP contribution is -2.31. The van der Waals surface area contributed by atoms with E-state index in [0.29, 0.717) is 5.56 Å². The molecule has 1 N–H and O–H groups in total. The highest BCUT2D eigenvalue weighted by Crippen LogP contribution is 2.24. The number of carbonyl (C=O) groups excluding carboxylic acids is 2. The van der Waals surface area contributed by atoms with Gasteiger partial charge in [-0.2, -0.15) is 0 Å². The van der Waals surface area contributed by atoms with Crippen LogP contribution in [0.5, 0.6) is 5.75 Å². The molecule has 0 spiro atoms. The molecule has 0 aliphatic heterocycles. The molecule has 0 fully saturated rings. The van der Waals surface area contributed by atoms with E-state index in [1.165, 1.54) is 25.3 Å². The molecule has 0 saturated carbocycles. The molecule has 6 heteroatoms. The van der Waals surface area contributed by atoms with Crippen LogP contribution >= 0.6 is 0 Å². The molecule has 1 amide bonds. The maximum atomic E-state index is 13.7. The van der Waals surface area contributed by atoms with E-state index in [2.05, 4.69) is 5.32 Å². The summed E-state index contributed by atoms with van der Waals surface area (Å²) in [6, 6.07) is 17.9. The molecule has 3 aromatic carbocycles. The average molecular weight is 407 g/mol. The van der Waals surface area contributed by atoms with E-state index in [1.807, 2.05) is 49.4 Å². The number of benzene rings is 3. The highest BCUT2D eigenvalue weighted by atomic mass is 19.1. The Hall–Kier alpha value is -3.67. The largest absolute Gasteiger partial charge is 0.494 e. The van der Waals surface area contributed by atoms with Crippen molar-refractivity contribution >= 4 is 28.7 Å². The van der Waals surface area contributed by atoms with Crippen molar-refractivity contribution in [2.24, 2.45) is 0 Å². The first-order chi connectivity index (χ1) is 14.5. The number of hydrogen-bond donors (Lipinski definition) is 1. The number of nitrogens with one attached hydrogen (secondary N) is 1. The number of esters is 1. The summed E-state index contributed by atoms with van der Waals surface area (Å²) in [5.41, 5.74) is 1.45. The summed E-state index contributed by atoms with van der Waals surface area (Å²) in [4.78, 5) is 24.0. The molecule has 0 aliphatic carbocycles. The van der Waals surface area contributed by atoms with Crippen LogP contribution in [0.25, 0.3) is 16.8 Å². The van der Waals surface area contributed by atoms with E-state index in [1.54, 1.807) is 6.07 Å². The third-order valence-corrected chi connectivity index (χ3v) is 4.60. The first kappa shape index (κ1) is 21.0. The Labute approximate surface area is 174 Å². The van der Waals surface area contributed by atoms with Gasteiger partial charge in [0.05, 0.1) is 13.2 Å². The average Bonchev–Trinajstić information content (AvgIpc) is 2.76. The smallest absolute Gasteiger partial charge is 0.331 e. The van der Waals surface area contributed by atoms with E-state index < -0.39 is 24.3 Å². The van der Waals surface area contributed by atoms with Crippen LogP contribution in [-0.4, -0.2) is 25.6 Å². The van der Waals surface area contributed by atoms with Crippen molar-refractivity contribution in [2.75, 3.05) is 13.7 Å². The molecule has 30 heavy (non-hydrogen) atoms. The van der Waals surface area contributed by atoms with Crippen LogP contribution in [0.3, 0.4) is 0 Å². The summed E-state index contributed by atoms with van der Waals surface area (Å²) in [5, 5.41) is 4.97. The number of methoxy groups -OCH3 is 1. The zero-order valence-electron chi connectivity index (χ0n) is 16.7. The van der Waals surface area contributed by atoms with Crippen molar-refractivity contribution in [3.63, 3.8) is 0 Å². The standard InChI is InChI=1S/C24H22FNO4/c1-16(19-9-5-7-18-6-3-4-8-20(18)19)26-23(27)15-30-24(28)13-11-17-10-12-22(29-2)21(25)14-17/h3-14,16H,15H2,1-2H3,(H,26,27)/b13-11+/t16-/m1/s1. The second-order valence-electron chi connectivity index (χ2n) is 6.69. The monoisotopic (exact) mass is 407 g/mol. The predicted molar refractivity (Wildman–Crippen MR) is 113 cm³/mol. The lowest BCUT2D eigenvalue weighted by Gasteiger charge is -2.16. The molecule has 1 atom stereocenters. The Morgan fingerprint density at radius 2 is 1.87 bits per heavy atom. The summed E-state index contributed by atoms with van der Waals surface area (Å²) >= 11 is 0. The molecule has 3 rings (SSSR count). The van der Waals surface area contributed by atoms with Crippen molar-refractivity contribution in [3.05, 3.63) is 83.7 Å². The normalized spacial score (nSPS) is 12.0. The van der Waals surface area contributed by atoms with Gasteiger partial charge in [-0.3, -0.25) is 4.79 Å². The zero-order chi connectivity index (χ0) is 21.5. The number of fused-ring (bicyclic) bond motifs is 1. The lowest BCUT2D eigenvalue weighted by molar-refractivity contribution is -0.144. The van der Waals surface area contributed by atoms with Crippen LogP contribution in [-0.2, 0) is 14.3 Å². The van der Waals surface area contributed by atoms with Gasteiger partial charge in [0.1, 0.15) is 0 Å². The van der Waals surface area contributed by atoms with E-state index >= 15 is 0 Å². The lowest BCUT2D eigenvalue weighted by atomic mass is 10.00. The van der Waals surface area contributed by atoms with Gasteiger partial charge in [-0.05, 0) is 47.0 Å². The van der Waals surface area contributed by atoms with Gasteiger partial charge in [0.2, 0.25) is 0 Å².